The normalized spacial score (nSPS) is 24.1. The lowest BCUT2D eigenvalue weighted by Gasteiger charge is -2.33. The van der Waals surface area contributed by atoms with Crippen LogP contribution in [-0.2, 0) is 30.5 Å². The van der Waals surface area contributed by atoms with Gasteiger partial charge in [0.2, 0.25) is 11.8 Å². The van der Waals surface area contributed by atoms with Crippen molar-refractivity contribution >= 4 is 36.3 Å². The molecule has 204 valence electrons. The molecule has 3 amide bonds. The molecule has 0 bridgehead atoms. The number of likely N-dealkylation sites (tertiary alicyclic amines) is 1. The summed E-state index contributed by atoms with van der Waals surface area (Å²) < 4.78 is 10.3. The van der Waals surface area contributed by atoms with Crippen LogP contribution in [0.15, 0.2) is 30.3 Å². The summed E-state index contributed by atoms with van der Waals surface area (Å²) in [6, 6.07) is 7.96. The molecule has 1 aromatic carbocycles. The van der Waals surface area contributed by atoms with Crippen LogP contribution in [0.1, 0.15) is 56.9 Å². The van der Waals surface area contributed by atoms with E-state index in [9.17, 15) is 19.2 Å². The van der Waals surface area contributed by atoms with Gasteiger partial charge in [-0.2, -0.15) is 0 Å². The van der Waals surface area contributed by atoms with Gasteiger partial charge in [-0.3, -0.25) is 14.5 Å². The van der Waals surface area contributed by atoms with Crippen molar-refractivity contribution in [3.8, 4) is 0 Å². The lowest BCUT2D eigenvalue weighted by Crippen LogP contribution is -2.49. The van der Waals surface area contributed by atoms with Crippen LogP contribution in [0, 0.1) is 5.92 Å². The molecule has 1 saturated carbocycles. The van der Waals surface area contributed by atoms with E-state index in [0.717, 1.165) is 57.2 Å². The molecule has 3 fully saturated rings. The van der Waals surface area contributed by atoms with Gasteiger partial charge >= 0.3 is 12.1 Å². The molecular formula is C26H37ClN4O6. The Morgan fingerprint density at radius 1 is 1.08 bits per heavy atom. The van der Waals surface area contributed by atoms with Crippen LogP contribution in [0.2, 0.25) is 0 Å². The molecule has 0 aromatic heterocycles. The zero-order valence-corrected chi connectivity index (χ0v) is 21.8. The van der Waals surface area contributed by atoms with Crippen LogP contribution in [0.4, 0.5) is 4.79 Å². The topological polar surface area (TPSA) is 131 Å². The quantitative estimate of drug-likeness (QED) is 0.487. The fourth-order valence-corrected chi connectivity index (χ4v) is 5.24. The minimum absolute atomic E-state index is 0. The average Bonchev–Trinajstić information content (AvgIpc) is 3.56. The largest absolute Gasteiger partial charge is 0.444 e. The molecule has 2 atom stereocenters. The van der Waals surface area contributed by atoms with Gasteiger partial charge in [-0.25, -0.2) is 9.59 Å². The van der Waals surface area contributed by atoms with Gasteiger partial charge < -0.3 is 25.4 Å². The molecule has 2 heterocycles. The zero-order valence-electron chi connectivity index (χ0n) is 21.0. The molecule has 2 saturated heterocycles. The van der Waals surface area contributed by atoms with E-state index in [1.165, 1.54) is 4.90 Å². The number of carbonyl (C=O) groups excluding carboxylic acids is 4. The summed E-state index contributed by atoms with van der Waals surface area (Å²) >= 11 is 0. The Kier molecular flexibility index (Phi) is 10.6. The molecule has 3 N–H and O–H groups in total. The van der Waals surface area contributed by atoms with Crippen molar-refractivity contribution in [3.63, 3.8) is 0 Å². The van der Waals surface area contributed by atoms with Crippen molar-refractivity contribution in [2.45, 2.75) is 76.1 Å². The molecule has 3 aliphatic rings. The number of nitrogens with one attached hydrogen (secondary N) is 1. The highest BCUT2D eigenvalue weighted by Gasteiger charge is 2.39. The Labute approximate surface area is 223 Å². The van der Waals surface area contributed by atoms with E-state index in [1.807, 2.05) is 35.2 Å². The van der Waals surface area contributed by atoms with Crippen LogP contribution >= 0.6 is 12.4 Å². The minimum atomic E-state index is -0.843. The fourth-order valence-electron chi connectivity index (χ4n) is 5.24. The molecule has 0 spiro atoms. The first kappa shape index (κ1) is 28.7. The van der Waals surface area contributed by atoms with Crippen molar-refractivity contribution in [1.29, 1.82) is 0 Å². The SMILES string of the molecule is Cl.N[C@H](C(=O)N1CCCC1)C1CCC(NC(=O)CC[C@H]2C(=O)OCN2C(=O)OCc2ccccc2)CC1. The van der Waals surface area contributed by atoms with Crippen molar-refractivity contribution in [2.75, 3.05) is 19.8 Å². The number of rotatable bonds is 8. The van der Waals surface area contributed by atoms with Crippen LogP contribution < -0.4 is 11.1 Å². The van der Waals surface area contributed by atoms with E-state index in [1.54, 1.807) is 0 Å². The molecule has 4 rings (SSSR count). The van der Waals surface area contributed by atoms with Gasteiger partial charge in [-0.05, 0) is 56.4 Å². The molecule has 11 heteroatoms. The second-order valence-electron chi connectivity index (χ2n) is 9.89. The summed E-state index contributed by atoms with van der Waals surface area (Å²) in [5.74, 6) is -0.518. The fraction of sp³-hybridized carbons (Fsp3) is 0.615. The van der Waals surface area contributed by atoms with Crippen molar-refractivity contribution in [2.24, 2.45) is 11.7 Å². The number of hydrogen-bond donors (Lipinski definition) is 2. The van der Waals surface area contributed by atoms with Crippen molar-refractivity contribution < 1.29 is 28.7 Å². The number of halogens is 1. The number of hydrogen-bond acceptors (Lipinski definition) is 7. The number of benzene rings is 1. The Bertz CT molecular complexity index is 934. The second-order valence-corrected chi connectivity index (χ2v) is 9.89. The number of amides is 3. The highest BCUT2D eigenvalue weighted by molar-refractivity contribution is 5.85. The molecule has 0 radical (unpaired) electrons. The molecule has 2 aliphatic heterocycles. The highest BCUT2D eigenvalue weighted by Crippen LogP contribution is 2.28. The van der Waals surface area contributed by atoms with Gasteiger partial charge in [0.05, 0.1) is 6.04 Å². The monoisotopic (exact) mass is 536 g/mol. The highest BCUT2D eigenvalue weighted by atomic mass is 35.5. The Balaban J connectivity index is 0.00000380. The Morgan fingerprint density at radius 2 is 1.76 bits per heavy atom. The predicted octanol–water partition coefficient (Wildman–Crippen LogP) is 2.33. The summed E-state index contributed by atoms with van der Waals surface area (Å²) in [7, 11) is 0. The summed E-state index contributed by atoms with van der Waals surface area (Å²) in [6.07, 6.45) is 4.81. The third-order valence-electron chi connectivity index (χ3n) is 7.43. The van der Waals surface area contributed by atoms with Gasteiger partial charge in [0.25, 0.3) is 0 Å². The first-order valence-electron chi connectivity index (χ1n) is 12.9. The van der Waals surface area contributed by atoms with Crippen LogP contribution in [0.5, 0.6) is 0 Å². The maximum absolute atomic E-state index is 12.6. The molecule has 10 nitrogen and oxygen atoms in total. The smallest absolute Gasteiger partial charge is 0.413 e. The predicted molar refractivity (Wildman–Crippen MR) is 137 cm³/mol. The number of esters is 1. The first-order chi connectivity index (χ1) is 17.4. The van der Waals surface area contributed by atoms with Crippen LogP contribution in [0.25, 0.3) is 0 Å². The summed E-state index contributed by atoms with van der Waals surface area (Å²) in [4.78, 5) is 52.9. The first-order valence-corrected chi connectivity index (χ1v) is 12.9. The molecule has 1 aliphatic carbocycles. The van der Waals surface area contributed by atoms with Gasteiger partial charge in [0.1, 0.15) is 12.6 Å². The molecule has 1 aromatic rings. The number of ether oxygens (including phenoxy) is 2. The summed E-state index contributed by atoms with van der Waals surface area (Å²) in [5.41, 5.74) is 7.11. The summed E-state index contributed by atoms with van der Waals surface area (Å²) in [6.45, 7) is 1.51. The number of cyclic esters (lactones) is 1. The van der Waals surface area contributed by atoms with E-state index in [2.05, 4.69) is 5.32 Å². The summed E-state index contributed by atoms with van der Waals surface area (Å²) in [5, 5.41) is 3.03. The van der Waals surface area contributed by atoms with E-state index < -0.39 is 24.1 Å². The Morgan fingerprint density at radius 3 is 2.43 bits per heavy atom. The van der Waals surface area contributed by atoms with E-state index in [4.69, 9.17) is 15.2 Å². The number of nitrogens with zero attached hydrogens (tertiary/aromatic N) is 2. The van der Waals surface area contributed by atoms with Gasteiger partial charge in [-0.1, -0.05) is 30.3 Å². The molecular weight excluding hydrogens is 500 g/mol. The maximum Gasteiger partial charge on any atom is 0.413 e. The van der Waals surface area contributed by atoms with E-state index in [-0.39, 0.29) is 62.4 Å². The maximum atomic E-state index is 12.6. The van der Waals surface area contributed by atoms with Crippen LogP contribution in [-0.4, -0.2) is 71.6 Å². The van der Waals surface area contributed by atoms with Gasteiger partial charge in [-0.15, -0.1) is 12.4 Å². The molecule has 37 heavy (non-hydrogen) atoms. The number of carbonyl (C=O) groups is 4. The van der Waals surface area contributed by atoms with E-state index in [0.29, 0.717) is 0 Å². The number of nitrogens with two attached hydrogens (primary N) is 1. The van der Waals surface area contributed by atoms with Gasteiger partial charge in [0, 0.05) is 25.6 Å². The van der Waals surface area contributed by atoms with E-state index >= 15 is 0 Å². The zero-order chi connectivity index (χ0) is 25.5. The lowest BCUT2D eigenvalue weighted by atomic mass is 9.81. The molecule has 0 unspecified atom stereocenters. The Hall–Kier alpha value is -2.85. The van der Waals surface area contributed by atoms with Crippen molar-refractivity contribution in [1.82, 2.24) is 15.1 Å². The minimum Gasteiger partial charge on any atom is -0.444 e. The lowest BCUT2D eigenvalue weighted by molar-refractivity contribution is -0.139. The third-order valence-corrected chi connectivity index (χ3v) is 7.43. The standard InChI is InChI=1S/C26H36N4O6.ClH/c27-23(24(32)29-14-4-5-15-29)19-8-10-20(11-9-19)28-22(31)13-12-21-25(33)36-17-30(21)26(34)35-16-18-6-2-1-3-7-18;/h1-3,6-7,19-21,23H,4-5,8-17,27H2,(H,28,31);1H/t19?,20?,21-,23-;/m0./s1. The van der Waals surface area contributed by atoms with Gasteiger partial charge in [0.15, 0.2) is 6.73 Å². The third kappa shape index (κ3) is 7.58. The van der Waals surface area contributed by atoms with Crippen LogP contribution in [0.3, 0.4) is 0 Å². The average molecular weight is 537 g/mol. The second kappa shape index (κ2) is 13.6. The van der Waals surface area contributed by atoms with Crippen molar-refractivity contribution in [3.05, 3.63) is 35.9 Å².